The topological polar surface area (TPSA) is 85.1 Å². The molecule has 0 aliphatic carbocycles. The van der Waals surface area contributed by atoms with E-state index in [1.807, 2.05) is 0 Å². The maximum atomic E-state index is 12.1. The van der Waals surface area contributed by atoms with E-state index in [2.05, 4.69) is 25.6 Å². The zero-order valence-corrected chi connectivity index (χ0v) is 12.6. The van der Waals surface area contributed by atoms with Crippen LogP contribution in [0.5, 0.6) is 0 Å². The fourth-order valence-corrected chi connectivity index (χ4v) is 2.72. The SMILES string of the molecule is Nc1cc(S(=O)(=O)Nc2ccc(Cl)cn2)ccc1Br. The van der Waals surface area contributed by atoms with Crippen LogP contribution in [0.3, 0.4) is 0 Å². The first kappa shape index (κ1) is 14.1. The van der Waals surface area contributed by atoms with Crippen LogP contribution in [0, 0.1) is 0 Å². The highest BCUT2D eigenvalue weighted by atomic mass is 79.9. The van der Waals surface area contributed by atoms with E-state index in [4.69, 9.17) is 17.3 Å². The predicted molar refractivity (Wildman–Crippen MR) is 78.6 cm³/mol. The van der Waals surface area contributed by atoms with Crippen molar-refractivity contribution in [2.75, 3.05) is 10.5 Å². The number of nitrogens with one attached hydrogen (secondary N) is 1. The van der Waals surface area contributed by atoms with Crippen molar-refractivity contribution in [3.8, 4) is 0 Å². The number of nitrogens with two attached hydrogens (primary N) is 1. The standard InChI is InChI=1S/C11H9BrClN3O2S/c12-9-3-2-8(5-10(9)14)19(17,18)16-11-4-1-7(13)6-15-11/h1-6H,14H2,(H,15,16). The fraction of sp³-hybridized carbons (Fsp3) is 0. The van der Waals surface area contributed by atoms with Gasteiger partial charge in [0, 0.05) is 16.4 Å². The highest BCUT2D eigenvalue weighted by Gasteiger charge is 2.15. The Hall–Kier alpha value is -1.31. The van der Waals surface area contributed by atoms with Gasteiger partial charge in [0.05, 0.1) is 9.92 Å². The van der Waals surface area contributed by atoms with E-state index in [0.717, 1.165) is 0 Å². The summed E-state index contributed by atoms with van der Waals surface area (Å²) < 4.78 is 27.2. The van der Waals surface area contributed by atoms with E-state index in [9.17, 15) is 8.42 Å². The molecule has 0 spiro atoms. The van der Waals surface area contributed by atoms with Gasteiger partial charge in [0.1, 0.15) is 5.82 Å². The summed E-state index contributed by atoms with van der Waals surface area (Å²) in [6.45, 7) is 0. The van der Waals surface area contributed by atoms with Gasteiger partial charge in [-0.3, -0.25) is 4.72 Å². The molecule has 0 unspecified atom stereocenters. The molecule has 0 bridgehead atoms. The number of anilines is 2. The number of pyridine rings is 1. The average molecular weight is 363 g/mol. The van der Waals surface area contributed by atoms with Gasteiger partial charge >= 0.3 is 0 Å². The molecule has 3 N–H and O–H groups in total. The van der Waals surface area contributed by atoms with Gasteiger partial charge in [-0.2, -0.15) is 0 Å². The molecular weight excluding hydrogens is 354 g/mol. The van der Waals surface area contributed by atoms with Crippen LogP contribution in [0.15, 0.2) is 45.9 Å². The zero-order chi connectivity index (χ0) is 14.0. The van der Waals surface area contributed by atoms with E-state index in [-0.39, 0.29) is 10.7 Å². The van der Waals surface area contributed by atoms with E-state index in [1.165, 1.54) is 24.4 Å². The highest BCUT2D eigenvalue weighted by Crippen LogP contribution is 2.24. The average Bonchev–Trinajstić information content (AvgIpc) is 2.35. The minimum Gasteiger partial charge on any atom is -0.398 e. The highest BCUT2D eigenvalue weighted by molar-refractivity contribution is 9.10. The van der Waals surface area contributed by atoms with Crippen LogP contribution >= 0.6 is 27.5 Å². The van der Waals surface area contributed by atoms with Gasteiger partial charge < -0.3 is 5.73 Å². The molecule has 0 radical (unpaired) electrons. The second-order valence-corrected chi connectivity index (χ2v) is 6.62. The Morgan fingerprint density at radius 2 is 2.00 bits per heavy atom. The van der Waals surface area contributed by atoms with Gasteiger partial charge in [0.2, 0.25) is 0 Å². The quantitative estimate of drug-likeness (QED) is 0.822. The number of hydrogen-bond acceptors (Lipinski definition) is 4. The second kappa shape index (κ2) is 5.36. The Balaban J connectivity index is 2.32. The third-order valence-electron chi connectivity index (χ3n) is 2.24. The van der Waals surface area contributed by atoms with E-state index in [1.54, 1.807) is 12.1 Å². The lowest BCUT2D eigenvalue weighted by atomic mass is 10.3. The Labute approximate surface area is 124 Å². The second-order valence-electron chi connectivity index (χ2n) is 3.65. The molecule has 0 aliphatic rings. The molecule has 0 fully saturated rings. The van der Waals surface area contributed by atoms with Crippen LogP contribution < -0.4 is 10.5 Å². The largest absolute Gasteiger partial charge is 0.398 e. The van der Waals surface area contributed by atoms with Gasteiger partial charge in [-0.05, 0) is 46.3 Å². The first-order chi connectivity index (χ1) is 8.88. The zero-order valence-electron chi connectivity index (χ0n) is 9.47. The van der Waals surface area contributed by atoms with E-state index in [0.29, 0.717) is 15.2 Å². The van der Waals surface area contributed by atoms with Crippen molar-refractivity contribution in [1.29, 1.82) is 0 Å². The van der Waals surface area contributed by atoms with Crippen LogP contribution in [0.1, 0.15) is 0 Å². The lowest BCUT2D eigenvalue weighted by molar-refractivity contribution is 0.601. The number of sulfonamides is 1. The number of nitrogens with zero attached hydrogens (tertiary/aromatic N) is 1. The van der Waals surface area contributed by atoms with Crippen molar-refractivity contribution in [3.05, 3.63) is 46.0 Å². The summed E-state index contributed by atoms with van der Waals surface area (Å²) in [5, 5.41) is 0.427. The van der Waals surface area contributed by atoms with Crippen LogP contribution in [-0.2, 0) is 10.0 Å². The molecule has 5 nitrogen and oxygen atoms in total. The van der Waals surface area contributed by atoms with Crippen LogP contribution in [0.2, 0.25) is 5.02 Å². The van der Waals surface area contributed by atoms with E-state index < -0.39 is 10.0 Å². The Morgan fingerprint density at radius 3 is 2.58 bits per heavy atom. The molecule has 8 heteroatoms. The van der Waals surface area contributed by atoms with Gasteiger partial charge in [-0.1, -0.05) is 11.6 Å². The predicted octanol–water partition coefficient (Wildman–Crippen LogP) is 2.88. The normalized spacial score (nSPS) is 11.3. The summed E-state index contributed by atoms with van der Waals surface area (Å²) >= 11 is 8.88. The first-order valence-corrected chi connectivity index (χ1v) is 7.73. The number of benzene rings is 1. The summed E-state index contributed by atoms with van der Waals surface area (Å²) in [4.78, 5) is 3.93. The van der Waals surface area contributed by atoms with Crippen molar-refractivity contribution >= 4 is 49.1 Å². The molecule has 0 aliphatic heterocycles. The van der Waals surface area contributed by atoms with Crippen LogP contribution in [0.25, 0.3) is 0 Å². The monoisotopic (exact) mass is 361 g/mol. The fourth-order valence-electron chi connectivity index (χ4n) is 1.32. The van der Waals surface area contributed by atoms with Gasteiger partial charge in [-0.15, -0.1) is 0 Å². The smallest absolute Gasteiger partial charge is 0.263 e. The minimum atomic E-state index is -3.72. The molecule has 1 aromatic carbocycles. The number of halogens is 2. The molecule has 1 heterocycles. The summed E-state index contributed by atoms with van der Waals surface area (Å²) in [5.74, 6) is 0.186. The van der Waals surface area contributed by atoms with Crippen molar-refractivity contribution in [1.82, 2.24) is 4.98 Å². The van der Waals surface area contributed by atoms with Crippen molar-refractivity contribution in [2.45, 2.75) is 4.90 Å². The van der Waals surface area contributed by atoms with E-state index >= 15 is 0 Å². The van der Waals surface area contributed by atoms with Crippen molar-refractivity contribution in [3.63, 3.8) is 0 Å². The molecule has 0 saturated carbocycles. The summed E-state index contributed by atoms with van der Waals surface area (Å²) in [5.41, 5.74) is 6.00. The molecule has 0 saturated heterocycles. The molecule has 100 valence electrons. The Kier molecular flexibility index (Phi) is 3.98. The van der Waals surface area contributed by atoms with Crippen LogP contribution in [0.4, 0.5) is 11.5 Å². The molecule has 2 rings (SSSR count). The third kappa shape index (κ3) is 3.37. The molecule has 19 heavy (non-hydrogen) atoms. The minimum absolute atomic E-state index is 0.0601. The van der Waals surface area contributed by atoms with Crippen LogP contribution in [-0.4, -0.2) is 13.4 Å². The maximum absolute atomic E-state index is 12.1. The summed E-state index contributed by atoms with van der Waals surface area (Å²) in [6, 6.07) is 7.39. The van der Waals surface area contributed by atoms with Crippen molar-refractivity contribution in [2.24, 2.45) is 0 Å². The third-order valence-corrected chi connectivity index (χ3v) is 4.54. The number of rotatable bonds is 3. The molecular formula is C11H9BrClN3O2S. The molecule has 0 amide bonds. The van der Waals surface area contributed by atoms with Gasteiger partial charge in [0.15, 0.2) is 0 Å². The first-order valence-electron chi connectivity index (χ1n) is 5.08. The lowest BCUT2D eigenvalue weighted by Crippen LogP contribution is -2.14. The van der Waals surface area contributed by atoms with Gasteiger partial charge in [0.25, 0.3) is 10.0 Å². The molecule has 0 atom stereocenters. The summed E-state index contributed by atoms with van der Waals surface area (Å²) in [6.07, 6.45) is 1.36. The lowest BCUT2D eigenvalue weighted by Gasteiger charge is -2.08. The number of nitrogen functional groups attached to an aromatic ring is 1. The Morgan fingerprint density at radius 1 is 1.26 bits per heavy atom. The number of hydrogen-bond donors (Lipinski definition) is 2. The Bertz CT molecular complexity index is 704. The molecule has 2 aromatic rings. The number of aromatic nitrogens is 1. The summed E-state index contributed by atoms with van der Waals surface area (Å²) in [7, 11) is -3.72. The van der Waals surface area contributed by atoms with Crippen molar-refractivity contribution < 1.29 is 8.42 Å². The van der Waals surface area contributed by atoms with Gasteiger partial charge in [-0.25, -0.2) is 13.4 Å². The maximum Gasteiger partial charge on any atom is 0.263 e. The molecule has 1 aromatic heterocycles.